The summed E-state index contributed by atoms with van der Waals surface area (Å²) in [6, 6.07) is 3.11. The molecule has 1 aliphatic heterocycles. The van der Waals surface area contributed by atoms with Crippen LogP contribution in [-0.4, -0.2) is 62.9 Å². The van der Waals surface area contributed by atoms with E-state index in [2.05, 4.69) is 31.2 Å². The van der Waals surface area contributed by atoms with Crippen LogP contribution in [0, 0.1) is 6.92 Å². The van der Waals surface area contributed by atoms with Crippen molar-refractivity contribution >= 4 is 44.5 Å². The highest BCUT2D eigenvalue weighted by atomic mass is 79.9. The van der Waals surface area contributed by atoms with E-state index in [-0.39, 0.29) is 41.3 Å². The minimum atomic E-state index is -1.00. The van der Waals surface area contributed by atoms with Crippen LogP contribution in [0.3, 0.4) is 0 Å². The molecular formula is C23H25BrClN5O5. The molecule has 1 fully saturated rings. The maximum atomic E-state index is 13.1. The van der Waals surface area contributed by atoms with Gasteiger partial charge in [0.15, 0.2) is 5.75 Å². The standard InChI is InChI=1S/C23H25BrClN5O5/c1-11(2)18-19(12(3)4-5-27-18)30-15-8-14(24)17(25)20(16(15)21(31)28-22(30)32)35-10-13-9-29(23(33)34)7-6-26-13/h4-5,8,11,13,26H,6-7,9-10H2,1-3H3,(H,33,34)(H,28,31,32)/t13-/m0/s1. The zero-order chi connectivity index (χ0) is 25.4. The molecule has 2 aromatic heterocycles. The highest BCUT2D eigenvalue weighted by Gasteiger charge is 2.26. The minimum Gasteiger partial charge on any atom is -0.489 e. The van der Waals surface area contributed by atoms with E-state index in [9.17, 15) is 19.5 Å². The molecular weight excluding hydrogens is 542 g/mol. The number of halogens is 2. The van der Waals surface area contributed by atoms with Gasteiger partial charge >= 0.3 is 11.8 Å². The maximum absolute atomic E-state index is 13.1. The third-order valence-corrected chi connectivity index (χ3v) is 7.16. The van der Waals surface area contributed by atoms with E-state index >= 15 is 0 Å². The van der Waals surface area contributed by atoms with Gasteiger partial charge in [-0.1, -0.05) is 25.4 Å². The number of amides is 1. The Morgan fingerprint density at radius 1 is 1.40 bits per heavy atom. The number of piperazine rings is 1. The van der Waals surface area contributed by atoms with Gasteiger partial charge in [0.2, 0.25) is 0 Å². The molecule has 0 saturated carbocycles. The zero-order valence-corrected chi connectivity index (χ0v) is 21.7. The summed E-state index contributed by atoms with van der Waals surface area (Å²) in [5.74, 6) is 0.118. The predicted octanol–water partition coefficient (Wildman–Crippen LogP) is 3.25. The van der Waals surface area contributed by atoms with Crippen molar-refractivity contribution in [3.8, 4) is 11.4 Å². The van der Waals surface area contributed by atoms with Crippen LogP contribution in [0.15, 0.2) is 32.4 Å². The fourth-order valence-corrected chi connectivity index (χ4v) is 4.85. The van der Waals surface area contributed by atoms with Crippen LogP contribution in [0.4, 0.5) is 4.79 Å². The number of hydrogen-bond donors (Lipinski definition) is 3. The molecule has 3 aromatic rings. The summed E-state index contributed by atoms with van der Waals surface area (Å²) in [7, 11) is 0. The Morgan fingerprint density at radius 3 is 2.83 bits per heavy atom. The van der Waals surface area contributed by atoms with Crippen molar-refractivity contribution < 1.29 is 14.6 Å². The number of nitrogens with zero attached hydrogens (tertiary/aromatic N) is 3. The van der Waals surface area contributed by atoms with Crippen LogP contribution >= 0.6 is 27.5 Å². The van der Waals surface area contributed by atoms with E-state index in [1.54, 1.807) is 18.3 Å². The zero-order valence-electron chi connectivity index (χ0n) is 19.4. The highest BCUT2D eigenvalue weighted by Crippen LogP contribution is 2.38. The summed E-state index contributed by atoms with van der Waals surface area (Å²) < 4.78 is 7.89. The second-order valence-corrected chi connectivity index (χ2v) is 9.93. The van der Waals surface area contributed by atoms with Crippen molar-refractivity contribution in [2.75, 3.05) is 26.2 Å². The van der Waals surface area contributed by atoms with Crippen LogP contribution in [-0.2, 0) is 0 Å². The maximum Gasteiger partial charge on any atom is 0.407 e. The van der Waals surface area contributed by atoms with Crippen LogP contribution < -0.4 is 21.3 Å². The summed E-state index contributed by atoms with van der Waals surface area (Å²) in [5.41, 5.74) is 1.17. The van der Waals surface area contributed by atoms with Crippen molar-refractivity contribution in [1.82, 2.24) is 24.8 Å². The number of aromatic amines is 1. The van der Waals surface area contributed by atoms with Crippen LogP contribution in [0.2, 0.25) is 5.02 Å². The number of hydrogen-bond acceptors (Lipinski definition) is 6. The van der Waals surface area contributed by atoms with E-state index < -0.39 is 17.3 Å². The third kappa shape index (κ3) is 4.80. The number of ether oxygens (including phenoxy) is 1. The van der Waals surface area contributed by atoms with Crippen LogP contribution in [0.25, 0.3) is 16.6 Å². The van der Waals surface area contributed by atoms with E-state index in [0.29, 0.717) is 34.5 Å². The average Bonchev–Trinajstić information content (AvgIpc) is 2.80. The van der Waals surface area contributed by atoms with E-state index in [1.807, 2.05) is 20.8 Å². The number of pyridine rings is 1. The second kappa shape index (κ2) is 10.00. The first-order chi connectivity index (χ1) is 16.6. The molecule has 3 N–H and O–H groups in total. The minimum absolute atomic E-state index is 0.0137. The van der Waals surface area contributed by atoms with Crippen molar-refractivity contribution in [2.24, 2.45) is 0 Å². The first-order valence-electron chi connectivity index (χ1n) is 11.1. The van der Waals surface area contributed by atoms with E-state index in [0.717, 1.165) is 5.56 Å². The first-order valence-corrected chi connectivity index (χ1v) is 12.2. The van der Waals surface area contributed by atoms with Gasteiger partial charge < -0.3 is 20.1 Å². The molecule has 1 aliphatic rings. The lowest BCUT2D eigenvalue weighted by Gasteiger charge is -2.31. The predicted molar refractivity (Wildman–Crippen MR) is 136 cm³/mol. The summed E-state index contributed by atoms with van der Waals surface area (Å²) >= 11 is 9.97. The van der Waals surface area contributed by atoms with Crippen molar-refractivity contribution in [2.45, 2.75) is 32.7 Å². The fourth-order valence-electron chi connectivity index (χ4n) is 4.25. The van der Waals surface area contributed by atoms with Gasteiger partial charge in [-0.3, -0.25) is 19.3 Å². The van der Waals surface area contributed by atoms with Crippen LogP contribution in [0.1, 0.15) is 31.0 Å². The molecule has 1 aromatic carbocycles. The van der Waals surface area contributed by atoms with Crippen molar-refractivity contribution in [1.29, 1.82) is 0 Å². The molecule has 35 heavy (non-hydrogen) atoms. The van der Waals surface area contributed by atoms with E-state index in [4.69, 9.17) is 16.3 Å². The van der Waals surface area contributed by atoms with Gasteiger partial charge in [-0.15, -0.1) is 0 Å². The smallest absolute Gasteiger partial charge is 0.407 e. The molecule has 1 saturated heterocycles. The van der Waals surface area contributed by atoms with Crippen molar-refractivity contribution in [3.05, 3.63) is 59.9 Å². The van der Waals surface area contributed by atoms with Gasteiger partial charge in [-0.2, -0.15) is 0 Å². The number of aryl methyl sites for hydroxylation is 1. The van der Waals surface area contributed by atoms with Gasteiger partial charge in [0.05, 0.1) is 28.0 Å². The number of aromatic nitrogens is 3. The molecule has 1 amide bonds. The molecule has 0 radical (unpaired) electrons. The Balaban J connectivity index is 1.88. The fraction of sp³-hybridized carbons (Fsp3) is 0.391. The van der Waals surface area contributed by atoms with Crippen molar-refractivity contribution in [3.63, 3.8) is 0 Å². The van der Waals surface area contributed by atoms with Gasteiger partial charge in [0, 0.05) is 30.3 Å². The number of rotatable bonds is 5. The number of benzene rings is 1. The molecule has 0 unspecified atom stereocenters. The second-order valence-electron chi connectivity index (χ2n) is 8.70. The van der Waals surface area contributed by atoms with Gasteiger partial charge in [0.1, 0.15) is 12.0 Å². The Hall–Kier alpha value is -2.89. The molecule has 186 valence electrons. The molecule has 4 rings (SSSR count). The lowest BCUT2D eigenvalue weighted by atomic mass is 10.0. The van der Waals surface area contributed by atoms with E-state index in [1.165, 1.54) is 9.47 Å². The number of fused-ring (bicyclic) bond motifs is 1. The first kappa shape index (κ1) is 25.2. The lowest BCUT2D eigenvalue weighted by Crippen LogP contribution is -2.54. The van der Waals surface area contributed by atoms with Crippen LogP contribution in [0.5, 0.6) is 5.75 Å². The largest absolute Gasteiger partial charge is 0.489 e. The Labute approximate surface area is 214 Å². The molecule has 10 nitrogen and oxygen atoms in total. The summed E-state index contributed by atoms with van der Waals surface area (Å²) in [4.78, 5) is 45.7. The summed E-state index contributed by atoms with van der Waals surface area (Å²) in [6.45, 7) is 6.97. The number of carbonyl (C=O) groups is 1. The quantitative estimate of drug-likeness (QED) is 0.432. The monoisotopic (exact) mass is 565 g/mol. The van der Waals surface area contributed by atoms with Gasteiger partial charge in [-0.05, 0) is 46.5 Å². The molecule has 0 spiro atoms. The lowest BCUT2D eigenvalue weighted by molar-refractivity contribution is 0.118. The number of carboxylic acid groups (broad SMARTS) is 1. The molecule has 0 aliphatic carbocycles. The molecule has 0 bridgehead atoms. The topological polar surface area (TPSA) is 130 Å². The Morgan fingerprint density at radius 2 is 2.14 bits per heavy atom. The number of H-pyrrole nitrogens is 1. The molecule has 3 heterocycles. The molecule has 1 atom stereocenters. The molecule has 12 heteroatoms. The normalized spacial score (nSPS) is 16.2. The third-order valence-electron chi connectivity index (χ3n) is 5.93. The van der Waals surface area contributed by atoms with Gasteiger partial charge in [-0.25, -0.2) is 9.59 Å². The SMILES string of the molecule is Cc1ccnc(C(C)C)c1-n1c(=O)[nH]c(=O)c2c(OC[C@@H]3CN(C(=O)O)CCN3)c(Cl)c(Br)cc21. The Bertz CT molecular complexity index is 1420. The average molecular weight is 567 g/mol. The summed E-state index contributed by atoms with van der Waals surface area (Å²) in [5, 5.41) is 12.8. The highest BCUT2D eigenvalue weighted by molar-refractivity contribution is 9.10. The summed E-state index contributed by atoms with van der Waals surface area (Å²) in [6.07, 6.45) is 0.683. The van der Waals surface area contributed by atoms with Gasteiger partial charge in [0.25, 0.3) is 5.56 Å². The Kier molecular flexibility index (Phi) is 7.20. The number of nitrogens with one attached hydrogen (secondary N) is 2.